The van der Waals surface area contributed by atoms with Gasteiger partial charge in [-0.15, -0.1) is 0 Å². The molecule has 0 bridgehead atoms. The highest BCUT2D eigenvalue weighted by Crippen LogP contribution is 2.20. The van der Waals surface area contributed by atoms with Crippen molar-refractivity contribution in [3.8, 4) is 0 Å². The molecule has 0 radical (unpaired) electrons. The fourth-order valence-electron chi connectivity index (χ4n) is 2.49. The number of nitrogens with zero attached hydrogens (tertiary/aromatic N) is 1. The second-order valence-corrected chi connectivity index (χ2v) is 5.27. The summed E-state index contributed by atoms with van der Waals surface area (Å²) in [5.74, 6) is 0.799. The smallest absolute Gasteiger partial charge is 0.0120 e. The molecule has 1 heterocycles. The van der Waals surface area contributed by atoms with Crippen LogP contribution < -0.4 is 5.32 Å². The molecule has 2 nitrogen and oxygen atoms in total. The van der Waals surface area contributed by atoms with Gasteiger partial charge in [0, 0.05) is 18.6 Å². The number of hydrogen-bond acceptors (Lipinski definition) is 2. The maximum Gasteiger partial charge on any atom is 0.0120 e. The first-order valence-electron chi connectivity index (χ1n) is 6.58. The van der Waals surface area contributed by atoms with Gasteiger partial charge in [0.25, 0.3) is 0 Å². The van der Waals surface area contributed by atoms with Crippen molar-refractivity contribution in [2.45, 2.75) is 58.5 Å². The second kappa shape index (κ2) is 6.49. The van der Waals surface area contributed by atoms with Crippen LogP contribution in [0.2, 0.25) is 0 Å². The third-order valence-electron chi connectivity index (χ3n) is 3.80. The lowest BCUT2D eigenvalue weighted by atomic mass is 9.90. The molecule has 1 fully saturated rings. The topological polar surface area (TPSA) is 15.3 Å². The lowest BCUT2D eigenvalue weighted by Crippen LogP contribution is -2.51. The van der Waals surface area contributed by atoms with Gasteiger partial charge in [-0.05, 0) is 39.3 Å². The zero-order valence-corrected chi connectivity index (χ0v) is 10.9. The number of hydrogen-bond donors (Lipinski definition) is 1. The van der Waals surface area contributed by atoms with Crippen molar-refractivity contribution in [2.75, 3.05) is 20.1 Å². The van der Waals surface area contributed by atoms with E-state index in [9.17, 15) is 0 Å². The quantitative estimate of drug-likeness (QED) is 0.704. The first kappa shape index (κ1) is 13.0. The summed E-state index contributed by atoms with van der Waals surface area (Å²) in [5, 5.41) is 3.73. The minimum Gasteiger partial charge on any atom is -0.314 e. The molecule has 0 unspecified atom stereocenters. The van der Waals surface area contributed by atoms with Crippen LogP contribution in [-0.4, -0.2) is 37.1 Å². The molecule has 0 aromatic heterocycles. The largest absolute Gasteiger partial charge is 0.314 e. The van der Waals surface area contributed by atoms with Crippen LogP contribution in [0.1, 0.15) is 46.5 Å². The Bertz CT molecular complexity index is 170. The molecule has 0 spiro atoms. The normalized spacial score (nSPS) is 33.2. The molecule has 0 aromatic carbocycles. The van der Waals surface area contributed by atoms with E-state index >= 15 is 0 Å². The van der Waals surface area contributed by atoms with Crippen molar-refractivity contribution in [3.05, 3.63) is 0 Å². The Labute approximate surface area is 95.4 Å². The molecule has 1 aliphatic rings. The molecule has 1 saturated heterocycles. The van der Waals surface area contributed by atoms with Crippen molar-refractivity contribution in [1.82, 2.24) is 10.2 Å². The molecule has 0 amide bonds. The number of likely N-dealkylation sites (tertiary alicyclic amines) is 1. The number of unbranched alkanes of at least 4 members (excludes halogenated alkanes) is 2. The summed E-state index contributed by atoms with van der Waals surface area (Å²) in [6.45, 7) is 9.43. The molecule has 15 heavy (non-hydrogen) atoms. The van der Waals surface area contributed by atoms with Crippen molar-refractivity contribution < 1.29 is 0 Å². The Hall–Kier alpha value is -0.0800. The van der Waals surface area contributed by atoms with E-state index in [-0.39, 0.29) is 0 Å². The summed E-state index contributed by atoms with van der Waals surface area (Å²) in [7, 11) is 2.24. The lowest BCUT2D eigenvalue weighted by molar-refractivity contribution is 0.122. The van der Waals surface area contributed by atoms with Gasteiger partial charge in [0.05, 0.1) is 0 Å². The van der Waals surface area contributed by atoms with Gasteiger partial charge in [-0.3, -0.25) is 0 Å². The predicted octanol–water partition coefficient (Wildman–Crippen LogP) is 2.49. The summed E-state index contributed by atoms with van der Waals surface area (Å²) >= 11 is 0. The van der Waals surface area contributed by atoms with Crippen LogP contribution in [-0.2, 0) is 0 Å². The Morgan fingerprint density at radius 2 is 2.00 bits per heavy atom. The SMILES string of the molecule is CCCCCN[C@H]1C[C@@H](C)N(C)C[C@@H]1C. The van der Waals surface area contributed by atoms with E-state index < -0.39 is 0 Å². The Balaban J connectivity index is 2.22. The van der Waals surface area contributed by atoms with Crippen molar-refractivity contribution in [2.24, 2.45) is 5.92 Å². The van der Waals surface area contributed by atoms with Crippen LogP contribution >= 0.6 is 0 Å². The summed E-state index contributed by atoms with van der Waals surface area (Å²) in [6.07, 6.45) is 5.33. The maximum atomic E-state index is 3.73. The van der Waals surface area contributed by atoms with Crippen molar-refractivity contribution >= 4 is 0 Å². The average Bonchev–Trinajstić information content (AvgIpc) is 2.20. The highest BCUT2D eigenvalue weighted by atomic mass is 15.2. The Morgan fingerprint density at radius 1 is 1.27 bits per heavy atom. The van der Waals surface area contributed by atoms with Gasteiger partial charge in [0.1, 0.15) is 0 Å². The summed E-state index contributed by atoms with van der Waals surface area (Å²) in [4.78, 5) is 2.48. The van der Waals surface area contributed by atoms with E-state index in [4.69, 9.17) is 0 Å². The van der Waals surface area contributed by atoms with Crippen LogP contribution in [0.15, 0.2) is 0 Å². The number of rotatable bonds is 5. The van der Waals surface area contributed by atoms with E-state index in [0.29, 0.717) is 0 Å². The third-order valence-corrected chi connectivity index (χ3v) is 3.80. The van der Waals surface area contributed by atoms with Crippen molar-refractivity contribution in [3.63, 3.8) is 0 Å². The fourth-order valence-corrected chi connectivity index (χ4v) is 2.49. The third kappa shape index (κ3) is 4.12. The highest BCUT2D eigenvalue weighted by Gasteiger charge is 2.27. The maximum absolute atomic E-state index is 3.73. The van der Waals surface area contributed by atoms with E-state index in [1.807, 2.05) is 0 Å². The van der Waals surface area contributed by atoms with E-state index in [0.717, 1.165) is 18.0 Å². The highest BCUT2D eigenvalue weighted by molar-refractivity contribution is 4.85. The summed E-state index contributed by atoms with van der Waals surface area (Å²) in [6, 6.07) is 1.48. The molecule has 0 saturated carbocycles. The molecule has 1 aliphatic heterocycles. The van der Waals surface area contributed by atoms with Gasteiger partial charge in [-0.1, -0.05) is 26.7 Å². The second-order valence-electron chi connectivity index (χ2n) is 5.27. The number of piperidine rings is 1. The molecule has 0 aliphatic carbocycles. The lowest BCUT2D eigenvalue weighted by Gasteiger charge is -2.40. The summed E-state index contributed by atoms with van der Waals surface area (Å²) < 4.78 is 0. The van der Waals surface area contributed by atoms with E-state index in [2.05, 4.69) is 38.0 Å². The van der Waals surface area contributed by atoms with Crippen LogP contribution in [0.25, 0.3) is 0 Å². The minimum absolute atomic E-state index is 0.741. The molecule has 90 valence electrons. The van der Waals surface area contributed by atoms with Gasteiger partial charge >= 0.3 is 0 Å². The molecule has 1 rings (SSSR count). The van der Waals surface area contributed by atoms with Crippen LogP contribution in [0.3, 0.4) is 0 Å². The number of nitrogens with one attached hydrogen (secondary N) is 1. The van der Waals surface area contributed by atoms with Gasteiger partial charge in [-0.25, -0.2) is 0 Å². The summed E-state index contributed by atoms with van der Waals surface area (Å²) in [5.41, 5.74) is 0. The zero-order chi connectivity index (χ0) is 11.3. The molecule has 3 atom stereocenters. The monoisotopic (exact) mass is 212 g/mol. The van der Waals surface area contributed by atoms with Crippen LogP contribution in [0.5, 0.6) is 0 Å². The van der Waals surface area contributed by atoms with Crippen molar-refractivity contribution in [1.29, 1.82) is 0 Å². The molecular weight excluding hydrogens is 184 g/mol. The molecule has 0 aromatic rings. The van der Waals surface area contributed by atoms with E-state index in [1.165, 1.54) is 38.8 Å². The first-order valence-corrected chi connectivity index (χ1v) is 6.58. The van der Waals surface area contributed by atoms with Gasteiger partial charge in [-0.2, -0.15) is 0 Å². The fraction of sp³-hybridized carbons (Fsp3) is 1.00. The van der Waals surface area contributed by atoms with Crippen LogP contribution in [0.4, 0.5) is 0 Å². The van der Waals surface area contributed by atoms with Gasteiger partial charge in [0.2, 0.25) is 0 Å². The van der Waals surface area contributed by atoms with Gasteiger partial charge < -0.3 is 10.2 Å². The molecular formula is C13H28N2. The average molecular weight is 212 g/mol. The zero-order valence-electron chi connectivity index (χ0n) is 10.9. The minimum atomic E-state index is 0.741. The Kier molecular flexibility index (Phi) is 5.62. The first-order chi connectivity index (χ1) is 7.15. The molecule has 1 N–H and O–H groups in total. The molecule has 2 heteroatoms. The Morgan fingerprint density at radius 3 is 2.67 bits per heavy atom. The van der Waals surface area contributed by atoms with Gasteiger partial charge in [0.15, 0.2) is 0 Å². The van der Waals surface area contributed by atoms with Crippen LogP contribution in [0, 0.1) is 5.92 Å². The standard InChI is InChI=1S/C13H28N2/c1-5-6-7-8-14-13-9-12(3)15(4)10-11(13)2/h11-14H,5-10H2,1-4H3/t11-,12+,13-/m0/s1. The predicted molar refractivity (Wildman–Crippen MR) is 67.2 cm³/mol. The van der Waals surface area contributed by atoms with E-state index in [1.54, 1.807) is 0 Å².